The number of anilines is 1. The lowest BCUT2D eigenvalue weighted by Crippen LogP contribution is -2.10. The maximum atomic E-state index is 12.2. The molecule has 1 aliphatic heterocycles. The van der Waals surface area contributed by atoms with Crippen LogP contribution in [0.4, 0.5) is 5.13 Å². The first-order valence-electron chi connectivity index (χ1n) is 7.04. The fourth-order valence-corrected chi connectivity index (χ4v) is 3.26. The Labute approximate surface area is 130 Å². The predicted molar refractivity (Wildman–Crippen MR) is 82.0 cm³/mol. The van der Waals surface area contributed by atoms with Crippen molar-refractivity contribution in [1.82, 2.24) is 10.2 Å². The highest BCUT2D eigenvalue weighted by atomic mass is 32.1. The molecule has 0 spiro atoms. The van der Waals surface area contributed by atoms with Crippen LogP contribution in [0, 0.1) is 0 Å². The van der Waals surface area contributed by atoms with E-state index in [1.54, 1.807) is 6.07 Å². The third-order valence-electron chi connectivity index (χ3n) is 3.52. The van der Waals surface area contributed by atoms with Gasteiger partial charge in [0, 0.05) is 12.0 Å². The molecule has 0 radical (unpaired) electrons. The molecule has 22 heavy (non-hydrogen) atoms. The minimum Gasteiger partial charge on any atom is -0.451 e. The highest BCUT2D eigenvalue weighted by Gasteiger charge is 2.23. The molecule has 0 bridgehead atoms. The van der Waals surface area contributed by atoms with Crippen LogP contribution < -0.4 is 5.32 Å². The average molecular weight is 315 g/mol. The van der Waals surface area contributed by atoms with Crippen molar-refractivity contribution in [2.45, 2.75) is 18.9 Å². The highest BCUT2D eigenvalue weighted by molar-refractivity contribution is 7.15. The lowest BCUT2D eigenvalue weighted by atomic mass is 10.2. The molecular weight excluding hydrogens is 302 g/mol. The van der Waals surface area contributed by atoms with E-state index in [-0.39, 0.29) is 17.8 Å². The summed E-state index contributed by atoms with van der Waals surface area (Å²) < 4.78 is 11.1. The van der Waals surface area contributed by atoms with Gasteiger partial charge in [-0.15, -0.1) is 10.2 Å². The van der Waals surface area contributed by atoms with Crippen LogP contribution in [0.5, 0.6) is 0 Å². The molecule has 7 heteroatoms. The van der Waals surface area contributed by atoms with E-state index in [0.717, 1.165) is 29.8 Å². The number of fused-ring (bicyclic) bond motifs is 1. The zero-order valence-electron chi connectivity index (χ0n) is 11.6. The third kappa shape index (κ3) is 2.49. The van der Waals surface area contributed by atoms with Gasteiger partial charge in [-0.05, 0) is 25.0 Å². The molecule has 0 aliphatic carbocycles. The number of ether oxygens (including phenoxy) is 1. The molecule has 1 fully saturated rings. The number of amides is 1. The van der Waals surface area contributed by atoms with Crippen LogP contribution in [0.3, 0.4) is 0 Å². The molecule has 1 saturated heterocycles. The molecule has 1 aliphatic rings. The SMILES string of the molecule is O=C(Nc1nnc([C@H]2CCCO2)s1)c1cc2ccccc2o1. The van der Waals surface area contributed by atoms with Crippen LogP contribution in [-0.4, -0.2) is 22.7 Å². The van der Waals surface area contributed by atoms with Gasteiger partial charge in [-0.2, -0.15) is 0 Å². The minimum atomic E-state index is -0.328. The Kier molecular flexibility index (Phi) is 3.36. The van der Waals surface area contributed by atoms with Gasteiger partial charge < -0.3 is 9.15 Å². The molecule has 6 nitrogen and oxygen atoms in total. The topological polar surface area (TPSA) is 77.2 Å². The predicted octanol–water partition coefficient (Wildman–Crippen LogP) is 3.39. The first kappa shape index (κ1) is 13.4. The summed E-state index contributed by atoms with van der Waals surface area (Å²) in [5.74, 6) is -0.0682. The largest absolute Gasteiger partial charge is 0.451 e. The number of hydrogen-bond donors (Lipinski definition) is 1. The van der Waals surface area contributed by atoms with Gasteiger partial charge in [0.05, 0.1) is 0 Å². The Hall–Kier alpha value is -2.25. The van der Waals surface area contributed by atoms with E-state index in [1.807, 2.05) is 24.3 Å². The Morgan fingerprint density at radius 3 is 3.05 bits per heavy atom. The number of rotatable bonds is 3. The summed E-state index contributed by atoms with van der Waals surface area (Å²) >= 11 is 1.34. The van der Waals surface area contributed by atoms with Crippen molar-refractivity contribution in [2.75, 3.05) is 11.9 Å². The van der Waals surface area contributed by atoms with E-state index < -0.39 is 0 Å². The van der Waals surface area contributed by atoms with Crippen LogP contribution >= 0.6 is 11.3 Å². The number of hydrogen-bond acceptors (Lipinski definition) is 6. The number of furan rings is 1. The Balaban J connectivity index is 1.51. The summed E-state index contributed by atoms with van der Waals surface area (Å²) in [6.45, 7) is 0.755. The second-order valence-electron chi connectivity index (χ2n) is 5.05. The van der Waals surface area contributed by atoms with Gasteiger partial charge in [0.25, 0.3) is 5.91 Å². The summed E-state index contributed by atoms with van der Waals surface area (Å²) in [6, 6.07) is 9.21. The quantitative estimate of drug-likeness (QED) is 0.801. The van der Waals surface area contributed by atoms with Crippen LogP contribution in [0.25, 0.3) is 11.0 Å². The van der Waals surface area contributed by atoms with E-state index in [9.17, 15) is 4.79 Å². The number of carbonyl (C=O) groups is 1. The molecule has 4 rings (SSSR count). The van der Waals surface area contributed by atoms with Crippen LogP contribution in [0.1, 0.15) is 34.5 Å². The van der Waals surface area contributed by atoms with Gasteiger partial charge in [-0.25, -0.2) is 0 Å². The lowest BCUT2D eigenvalue weighted by Gasteiger charge is -2.02. The van der Waals surface area contributed by atoms with Gasteiger partial charge in [0.2, 0.25) is 5.13 Å². The fourth-order valence-electron chi connectivity index (χ4n) is 2.44. The van der Waals surface area contributed by atoms with Gasteiger partial charge in [0.15, 0.2) is 5.76 Å². The van der Waals surface area contributed by atoms with Crippen molar-refractivity contribution in [2.24, 2.45) is 0 Å². The Morgan fingerprint density at radius 2 is 2.23 bits per heavy atom. The standard InChI is InChI=1S/C15H13N3O3S/c19-13(12-8-9-4-1-2-5-10(9)21-12)16-15-18-17-14(22-15)11-6-3-7-20-11/h1-2,4-5,8,11H,3,6-7H2,(H,16,18,19)/t11-/m1/s1. The first-order chi connectivity index (χ1) is 10.8. The molecule has 1 aromatic carbocycles. The van der Waals surface area contributed by atoms with Gasteiger partial charge >= 0.3 is 0 Å². The lowest BCUT2D eigenvalue weighted by molar-refractivity contribution is 0.0998. The molecule has 2 aromatic heterocycles. The third-order valence-corrected chi connectivity index (χ3v) is 4.45. The van der Waals surface area contributed by atoms with Crippen LogP contribution in [0.2, 0.25) is 0 Å². The van der Waals surface area contributed by atoms with Crippen molar-refractivity contribution in [3.63, 3.8) is 0 Å². The number of nitrogens with one attached hydrogen (secondary N) is 1. The van der Waals surface area contributed by atoms with Gasteiger partial charge in [-0.1, -0.05) is 29.5 Å². The minimum absolute atomic E-state index is 0.00866. The first-order valence-corrected chi connectivity index (χ1v) is 7.86. The van der Waals surface area contributed by atoms with Crippen molar-refractivity contribution in [3.05, 3.63) is 41.1 Å². The summed E-state index contributed by atoms with van der Waals surface area (Å²) in [4.78, 5) is 12.2. The summed E-state index contributed by atoms with van der Waals surface area (Å²) in [5, 5.41) is 13.0. The van der Waals surface area contributed by atoms with Gasteiger partial charge in [-0.3, -0.25) is 10.1 Å². The molecule has 3 aromatic rings. The van der Waals surface area contributed by atoms with E-state index in [1.165, 1.54) is 11.3 Å². The summed E-state index contributed by atoms with van der Waals surface area (Å²) in [6.07, 6.45) is 1.99. The molecule has 112 valence electrons. The highest BCUT2D eigenvalue weighted by Crippen LogP contribution is 2.32. The van der Waals surface area contributed by atoms with E-state index >= 15 is 0 Å². The maximum Gasteiger partial charge on any atom is 0.293 e. The molecule has 0 unspecified atom stereocenters. The smallest absolute Gasteiger partial charge is 0.293 e. The second kappa shape index (κ2) is 5.51. The number of aromatic nitrogens is 2. The van der Waals surface area contributed by atoms with Crippen molar-refractivity contribution >= 4 is 33.3 Å². The number of carbonyl (C=O) groups excluding carboxylic acids is 1. The second-order valence-corrected chi connectivity index (χ2v) is 6.06. The fraction of sp³-hybridized carbons (Fsp3) is 0.267. The maximum absolute atomic E-state index is 12.2. The van der Waals surface area contributed by atoms with Crippen LogP contribution in [0.15, 0.2) is 34.7 Å². The van der Waals surface area contributed by atoms with Gasteiger partial charge in [0.1, 0.15) is 16.7 Å². The number of para-hydroxylation sites is 1. The molecule has 0 saturated carbocycles. The number of nitrogens with zero attached hydrogens (tertiary/aromatic N) is 2. The Morgan fingerprint density at radius 1 is 1.32 bits per heavy atom. The normalized spacial score (nSPS) is 17.9. The van der Waals surface area contributed by atoms with Crippen LogP contribution in [-0.2, 0) is 4.74 Å². The van der Waals surface area contributed by atoms with E-state index in [2.05, 4.69) is 15.5 Å². The zero-order valence-corrected chi connectivity index (χ0v) is 12.4. The molecular formula is C15H13N3O3S. The summed E-state index contributed by atoms with van der Waals surface area (Å²) in [7, 11) is 0. The molecule has 3 heterocycles. The Bertz CT molecular complexity index is 787. The molecule has 1 N–H and O–H groups in total. The zero-order chi connectivity index (χ0) is 14.9. The summed E-state index contributed by atoms with van der Waals surface area (Å²) in [5.41, 5.74) is 0.685. The van der Waals surface area contributed by atoms with Crippen molar-refractivity contribution < 1.29 is 13.9 Å². The molecule has 1 atom stereocenters. The van der Waals surface area contributed by atoms with E-state index in [0.29, 0.717) is 10.7 Å². The van der Waals surface area contributed by atoms with E-state index in [4.69, 9.17) is 9.15 Å². The monoisotopic (exact) mass is 315 g/mol. The molecule has 1 amide bonds. The van der Waals surface area contributed by atoms with Crippen molar-refractivity contribution in [1.29, 1.82) is 0 Å². The number of benzene rings is 1. The average Bonchev–Trinajstić information content (AvgIpc) is 3.26. The van der Waals surface area contributed by atoms with Crippen molar-refractivity contribution in [3.8, 4) is 0 Å².